The number of hydrogen-bond acceptors (Lipinski definition) is 4. The van der Waals surface area contributed by atoms with Gasteiger partial charge in [-0.1, -0.05) is 36.4 Å². The fourth-order valence-corrected chi connectivity index (χ4v) is 8.96. The topological polar surface area (TPSA) is 86.9 Å². The smallest absolute Gasteiger partial charge is 0.238 e. The quantitative estimate of drug-likeness (QED) is 0.172. The summed E-state index contributed by atoms with van der Waals surface area (Å²) >= 11 is 3.47. The van der Waals surface area contributed by atoms with Crippen molar-refractivity contribution in [3.63, 3.8) is 0 Å². The summed E-state index contributed by atoms with van der Waals surface area (Å²) in [6.07, 6.45) is 0. The Balaban J connectivity index is 0.000000178. The van der Waals surface area contributed by atoms with Gasteiger partial charge in [0.2, 0.25) is 0 Å². The number of benzene rings is 4. The van der Waals surface area contributed by atoms with E-state index in [1.54, 1.807) is 105 Å². The van der Waals surface area contributed by atoms with Crippen LogP contribution in [0.4, 0.5) is 11.4 Å². The molecule has 0 saturated carbocycles. The molecule has 4 aromatic carbocycles. The lowest BCUT2D eigenvalue weighted by atomic mass is 10.1. The fraction of sp³-hybridized carbons (Fsp3) is 0.118. The molecule has 2 heterocycles. The molecular weight excluding hydrogens is 672 g/mol. The zero-order valence-corrected chi connectivity index (χ0v) is 28.0. The zero-order chi connectivity index (χ0) is 32.7. The molecule has 6 aromatic rings. The van der Waals surface area contributed by atoms with Gasteiger partial charge in [-0.2, -0.15) is 0 Å². The molecule has 45 heavy (non-hydrogen) atoms. The van der Waals surface area contributed by atoms with Crippen molar-refractivity contribution in [3.05, 3.63) is 141 Å². The second kappa shape index (κ2) is 12.0. The van der Waals surface area contributed by atoms with Crippen LogP contribution in [0.3, 0.4) is 0 Å². The summed E-state index contributed by atoms with van der Waals surface area (Å²) in [5.41, 5.74) is 4.97. The number of halogens is 1. The van der Waals surface area contributed by atoms with Gasteiger partial charge >= 0.3 is 0 Å². The standard InChI is InChI=1S/C17H13BrN2O2S.C17H14N2O2S/c1-11-9-16-14(10-15(11)19-3)17(18)12(2)20(16)23(21,22)13-7-5-4-6-8-13;1-12-9-17-14(11-16(12)18-3)10-13(2)19(17)22(20,21)15-7-5-4-6-8-15/h4-10H,1-2H3;4-11H,1-2H3. The first-order chi connectivity index (χ1) is 21.3. The van der Waals surface area contributed by atoms with E-state index in [4.69, 9.17) is 13.1 Å². The largest absolute Gasteiger partial charge is 0.268 e. The Bertz CT molecular complexity index is 2420. The Hall–Kier alpha value is -4.68. The van der Waals surface area contributed by atoms with Crippen LogP contribution in [-0.4, -0.2) is 24.8 Å². The highest BCUT2D eigenvalue weighted by Crippen LogP contribution is 2.37. The van der Waals surface area contributed by atoms with Gasteiger partial charge in [-0.15, -0.1) is 0 Å². The average Bonchev–Trinajstić information content (AvgIpc) is 3.48. The third kappa shape index (κ3) is 5.55. The molecule has 0 bridgehead atoms. The van der Waals surface area contributed by atoms with Crippen LogP contribution in [0.5, 0.6) is 0 Å². The second-order valence-corrected chi connectivity index (χ2v) is 14.8. The van der Waals surface area contributed by atoms with Crippen LogP contribution in [0.1, 0.15) is 22.5 Å². The highest BCUT2D eigenvalue weighted by Gasteiger charge is 2.25. The highest BCUT2D eigenvalue weighted by atomic mass is 79.9. The first kappa shape index (κ1) is 31.7. The summed E-state index contributed by atoms with van der Waals surface area (Å²) in [5.74, 6) is 0. The van der Waals surface area contributed by atoms with Crippen LogP contribution >= 0.6 is 15.9 Å². The van der Waals surface area contributed by atoms with E-state index in [0.717, 1.165) is 21.9 Å². The van der Waals surface area contributed by atoms with Gasteiger partial charge in [-0.05, 0) is 115 Å². The molecule has 0 radical (unpaired) electrons. The fourth-order valence-electron chi connectivity index (χ4n) is 5.22. The van der Waals surface area contributed by atoms with Crippen LogP contribution in [0.15, 0.2) is 105 Å². The minimum atomic E-state index is -3.70. The third-order valence-electron chi connectivity index (χ3n) is 7.44. The zero-order valence-electron chi connectivity index (χ0n) is 24.8. The Kier molecular flexibility index (Phi) is 8.47. The maximum Gasteiger partial charge on any atom is 0.268 e. The van der Waals surface area contributed by atoms with Crippen molar-refractivity contribution in [2.45, 2.75) is 37.5 Å². The number of fused-ring (bicyclic) bond motifs is 2. The van der Waals surface area contributed by atoms with Crippen molar-refractivity contribution in [2.24, 2.45) is 0 Å². The maximum absolute atomic E-state index is 13.0. The van der Waals surface area contributed by atoms with Crippen LogP contribution in [-0.2, 0) is 20.0 Å². The van der Waals surface area contributed by atoms with E-state index < -0.39 is 20.0 Å². The second-order valence-electron chi connectivity index (χ2n) is 10.4. The number of nitrogens with zero attached hydrogens (tertiary/aromatic N) is 4. The summed E-state index contributed by atoms with van der Waals surface area (Å²) in [6, 6.07) is 25.5. The van der Waals surface area contributed by atoms with Gasteiger partial charge in [0.25, 0.3) is 20.0 Å². The molecule has 0 aliphatic rings. The first-order valence-corrected chi connectivity index (χ1v) is 17.3. The highest BCUT2D eigenvalue weighted by molar-refractivity contribution is 9.10. The Morgan fingerprint density at radius 1 is 0.622 bits per heavy atom. The maximum atomic E-state index is 13.0. The third-order valence-corrected chi connectivity index (χ3v) is 12.1. The number of hydrogen-bond donors (Lipinski definition) is 0. The summed E-state index contributed by atoms with van der Waals surface area (Å²) in [4.78, 5) is 7.45. The van der Waals surface area contributed by atoms with Crippen molar-refractivity contribution >= 4 is 69.2 Å². The molecule has 0 spiro atoms. The molecule has 0 unspecified atom stereocenters. The molecule has 0 aliphatic carbocycles. The lowest BCUT2D eigenvalue weighted by Gasteiger charge is -2.10. The van der Waals surface area contributed by atoms with E-state index in [0.29, 0.717) is 38.3 Å². The molecular formula is C34H27BrN4O4S2. The lowest BCUT2D eigenvalue weighted by Crippen LogP contribution is -2.14. The van der Waals surface area contributed by atoms with E-state index >= 15 is 0 Å². The van der Waals surface area contributed by atoms with Crippen LogP contribution in [0, 0.1) is 40.8 Å². The number of aromatic nitrogens is 2. The van der Waals surface area contributed by atoms with Crippen LogP contribution < -0.4 is 0 Å². The summed E-state index contributed by atoms with van der Waals surface area (Å²) < 4.78 is 55.2. The Morgan fingerprint density at radius 3 is 1.60 bits per heavy atom. The van der Waals surface area contributed by atoms with E-state index in [1.165, 1.54) is 7.94 Å². The Labute approximate surface area is 271 Å². The molecule has 2 aromatic heterocycles. The van der Waals surface area contributed by atoms with Crippen molar-refractivity contribution in [1.82, 2.24) is 7.94 Å². The minimum Gasteiger partial charge on any atom is -0.238 e. The Morgan fingerprint density at radius 2 is 1.09 bits per heavy atom. The molecule has 8 nitrogen and oxygen atoms in total. The normalized spacial score (nSPS) is 11.5. The van der Waals surface area contributed by atoms with Gasteiger partial charge in [-0.3, -0.25) is 0 Å². The molecule has 0 saturated heterocycles. The van der Waals surface area contributed by atoms with E-state index in [-0.39, 0.29) is 9.79 Å². The molecule has 0 amide bonds. The molecule has 0 N–H and O–H groups in total. The van der Waals surface area contributed by atoms with Crippen LogP contribution in [0.25, 0.3) is 31.5 Å². The molecule has 0 atom stereocenters. The monoisotopic (exact) mass is 698 g/mol. The predicted octanol–water partition coefficient (Wildman–Crippen LogP) is 8.85. The summed E-state index contributed by atoms with van der Waals surface area (Å²) in [5, 5.41) is 1.48. The van der Waals surface area contributed by atoms with Crippen molar-refractivity contribution in [1.29, 1.82) is 0 Å². The van der Waals surface area contributed by atoms with Gasteiger partial charge < -0.3 is 0 Å². The number of rotatable bonds is 4. The molecule has 0 aliphatic heterocycles. The summed E-state index contributed by atoms with van der Waals surface area (Å²) in [7, 11) is -7.35. The van der Waals surface area contributed by atoms with Crippen molar-refractivity contribution in [3.8, 4) is 0 Å². The van der Waals surface area contributed by atoms with E-state index in [1.807, 2.05) is 13.8 Å². The predicted molar refractivity (Wildman–Crippen MR) is 181 cm³/mol. The van der Waals surface area contributed by atoms with Gasteiger partial charge in [0, 0.05) is 21.2 Å². The molecule has 6 rings (SSSR count). The van der Waals surface area contributed by atoms with E-state index in [9.17, 15) is 16.8 Å². The SMILES string of the molecule is [C-]#[N+]c1cc2c(Br)c(C)n(S(=O)(=O)c3ccccc3)c2cc1C.[C-]#[N+]c1cc2cc(C)n(S(=O)(=O)c3ccccc3)c2cc1C. The molecule has 11 heteroatoms. The van der Waals surface area contributed by atoms with Gasteiger partial charge in [-0.25, -0.2) is 34.5 Å². The first-order valence-electron chi connectivity index (χ1n) is 13.6. The van der Waals surface area contributed by atoms with Crippen molar-refractivity contribution < 1.29 is 16.8 Å². The lowest BCUT2D eigenvalue weighted by molar-refractivity contribution is 0.586. The van der Waals surface area contributed by atoms with Gasteiger partial charge in [0.05, 0.1) is 34.0 Å². The molecule has 0 fully saturated rings. The summed E-state index contributed by atoms with van der Waals surface area (Å²) in [6.45, 7) is 21.5. The van der Waals surface area contributed by atoms with Crippen molar-refractivity contribution in [2.75, 3.05) is 0 Å². The minimum absolute atomic E-state index is 0.236. The number of aryl methyl sites for hydroxylation is 3. The van der Waals surface area contributed by atoms with Crippen LogP contribution in [0.2, 0.25) is 0 Å². The average molecular weight is 700 g/mol. The molecule has 226 valence electrons. The van der Waals surface area contributed by atoms with E-state index in [2.05, 4.69) is 25.6 Å². The van der Waals surface area contributed by atoms with Gasteiger partial charge in [0.1, 0.15) is 0 Å². The van der Waals surface area contributed by atoms with Gasteiger partial charge in [0.15, 0.2) is 11.4 Å².